The molecule has 30 heavy (non-hydrogen) atoms. The van der Waals surface area contributed by atoms with E-state index in [0.29, 0.717) is 18.8 Å². The van der Waals surface area contributed by atoms with Crippen LogP contribution in [0.5, 0.6) is 0 Å². The number of amides is 1. The van der Waals surface area contributed by atoms with Crippen molar-refractivity contribution in [1.82, 2.24) is 0 Å². The molecule has 3 aromatic rings. The molecule has 2 aliphatic heterocycles. The van der Waals surface area contributed by atoms with E-state index in [4.69, 9.17) is 4.99 Å². The first-order chi connectivity index (χ1) is 14.7. The summed E-state index contributed by atoms with van der Waals surface area (Å²) in [6, 6.07) is 25.4. The van der Waals surface area contributed by atoms with Crippen LogP contribution in [0.2, 0.25) is 0 Å². The Hall–Kier alpha value is -3.60. The van der Waals surface area contributed by atoms with Crippen molar-refractivity contribution >= 4 is 23.0 Å². The summed E-state index contributed by atoms with van der Waals surface area (Å²) in [5.74, 6) is -0.847. The molecule has 3 aromatic carbocycles. The average Bonchev–Trinajstić information content (AvgIpc) is 2.93. The van der Waals surface area contributed by atoms with Crippen molar-refractivity contribution in [2.24, 2.45) is 15.9 Å². The molecule has 0 saturated carbocycles. The molecule has 5 heteroatoms. The summed E-state index contributed by atoms with van der Waals surface area (Å²) in [6.45, 7) is 0.991. The largest absolute Gasteiger partial charge is 0.299 e. The number of nitrogens with zero attached hydrogens (tertiary/aromatic N) is 3. The van der Waals surface area contributed by atoms with E-state index in [9.17, 15) is 9.18 Å². The van der Waals surface area contributed by atoms with E-state index in [-0.39, 0.29) is 17.6 Å². The molecule has 0 radical (unpaired) electrons. The fourth-order valence-corrected chi connectivity index (χ4v) is 4.34. The van der Waals surface area contributed by atoms with Crippen LogP contribution >= 0.6 is 0 Å². The van der Waals surface area contributed by atoms with Crippen molar-refractivity contribution in [1.29, 1.82) is 0 Å². The molecule has 2 heterocycles. The van der Waals surface area contributed by atoms with Crippen LogP contribution in [0, 0.1) is 11.7 Å². The Morgan fingerprint density at radius 1 is 0.800 bits per heavy atom. The summed E-state index contributed by atoms with van der Waals surface area (Å²) in [5, 5.41) is 0. The van der Waals surface area contributed by atoms with E-state index in [2.05, 4.69) is 4.99 Å². The van der Waals surface area contributed by atoms with Gasteiger partial charge >= 0.3 is 0 Å². The zero-order chi connectivity index (χ0) is 20.5. The molecule has 4 nitrogen and oxygen atoms in total. The third-order valence-corrected chi connectivity index (χ3v) is 5.58. The molecule has 0 spiro atoms. The number of hydrogen-bond acceptors (Lipinski definition) is 3. The van der Waals surface area contributed by atoms with Crippen molar-refractivity contribution in [3.05, 3.63) is 102 Å². The molecule has 148 valence electrons. The third kappa shape index (κ3) is 3.12. The number of fused-ring (bicyclic) bond motifs is 1. The van der Waals surface area contributed by atoms with E-state index in [1.54, 1.807) is 11.0 Å². The second-order valence-corrected chi connectivity index (χ2v) is 7.39. The van der Waals surface area contributed by atoms with Gasteiger partial charge in [0.2, 0.25) is 0 Å². The lowest BCUT2D eigenvalue weighted by molar-refractivity contribution is -0.112. The quantitative estimate of drug-likeness (QED) is 0.643. The van der Waals surface area contributed by atoms with Crippen molar-refractivity contribution in [3.8, 4) is 0 Å². The van der Waals surface area contributed by atoms with E-state index in [0.717, 1.165) is 22.5 Å². The van der Waals surface area contributed by atoms with E-state index >= 15 is 0 Å². The molecular formula is C25H20FN3O. The number of hydrogen-bond donors (Lipinski definition) is 0. The topological polar surface area (TPSA) is 45.0 Å². The molecule has 1 fully saturated rings. The zero-order valence-corrected chi connectivity index (χ0v) is 16.3. The van der Waals surface area contributed by atoms with Crippen LogP contribution in [-0.4, -0.2) is 30.4 Å². The molecule has 2 atom stereocenters. The predicted molar refractivity (Wildman–Crippen MR) is 117 cm³/mol. The van der Waals surface area contributed by atoms with Crippen LogP contribution in [-0.2, 0) is 4.79 Å². The van der Waals surface area contributed by atoms with Crippen LogP contribution in [0.25, 0.3) is 0 Å². The molecule has 5 rings (SSSR count). The van der Waals surface area contributed by atoms with Gasteiger partial charge in [-0.2, -0.15) is 0 Å². The lowest BCUT2D eigenvalue weighted by atomic mass is 9.85. The maximum Gasteiger partial charge on any atom is 0.273 e. The minimum Gasteiger partial charge on any atom is -0.299 e. The monoisotopic (exact) mass is 397 g/mol. The van der Waals surface area contributed by atoms with Gasteiger partial charge in [0.25, 0.3) is 5.91 Å². The van der Waals surface area contributed by atoms with Gasteiger partial charge in [-0.05, 0) is 35.4 Å². The molecule has 0 aliphatic carbocycles. The first kappa shape index (κ1) is 18.4. The molecule has 1 saturated heterocycles. The van der Waals surface area contributed by atoms with Gasteiger partial charge in [0.05, 0.1) is 30.8 Å². The normalized spacial score (nSPS) is 21.0. The summed E-state index contributed by atoms with van der Waals surface area (Å²) >= 11 is 0. The van der Waals surface area contributed by atoms with E-state index in [1.165, 1.54) is 12.1 Å². The second-order valence-electron chi connectivity index (χ2n) is 7.39. The number of carbonyl (C=O) groups is 1. The number of benzene rings is 3. The molecule has 1 unspecified atom stereocenters. The highest BCUT2D eigenvalue weighted by atomic mass is 19.1. The summed E-state index contributed by atoms with van der Waals surface area (Å²) < 4.78 is 14.2. The summed E-state index contributed by atoms with van der Waals surface area (Å²) in [5.41, 5.74) is 3.77. The average molecular weight is 397 g/mol. The number of aliphatic imine (C=N–C) groups is 2. The van der Waals surface area contributed by atoms with Crippen LogP contribution in [0.1, 0.15) is 17.2 Å². The first-order valence-corrected chi connectivity index (χ1v) is 10.0. The minimum atomic E-state index is -0.425. The summed E-state index contributed by atoms with van der Waals surface area (Å²) in [6.07, 6.45) is 0. The standard InChI is InChI=1S/C25H20FN3O/c26-19-11-7-10-18(16-19)24-21-22(17-8-3-1-4-9-17)27-14-15-28-23(21)25(30)29(24)20-12-5-2-6-13-20/h1-13,16,21,24H,14-15H2/t21?,24-/m0/s1. The lowest BCUT2D eigenvalue weighted by Gasteiger charge is -2.29. The highest BCUT2D eigenvalue weighted by Gasteiger charge is 2.49. The van der Waals surface area contributed by atoms with Crippen LogP contribution < -0.4 is 4.90 Å². The maximum absolute atomic E-state index is 14.2. The van der Waals surface area contributed by atoms with Gasteiger partial charge in [-0.25, -0.2) is 4.39 Å². The Labute approximate surface area is 174 Å². The van der Waals surface area contributed by atoms with Crippen molar-refractivity contribution in [2.45, 2.75) is 6.04 Å². The Kier molecular flexibility index (Phi) is 4.71. The van der Waals surface area contributed by atoms with Crippen molar-refractivity contribution in [3.63, 3.8) is 0 Å². The van der Waals surface area contributed by atoms with Crippen LogP contribution in [0.15, 0.2) is 94.9 Å². The number of carbonyl (C=O) groups excluding carboxylic acids is 1. The molecule has 0 aromatic heterocycles. The minimum absolute atomic E-state index is 0.147. The highest BCUT2D eigenvalue weighted by Crippen LogP contribution is 2.42. The molecule has 2 aliphatic rings. The summed E-state index contributed by atoms with van der Waals surface area (Å²) in [4.78, 5) is 24.8. The van der Waals surface area contributed by atoms with Crippen molar-refractivity contribution < 1.29 is 9.18 Å². The SMILES string of the molecule is O=C1C2=NCCN=C(c3ccccc3)C2[C@H](c2cccc(F)c2)N1c1ccccc1. The number of halogens is 1. The Bertz CT molecular complexity index is 1140. The fraction of sp³-hybridized carbons (Fsp3) is 0.160. The third-order valence-electron chi connectivity index (χ3n) is 5.58. The van der Waals surface area contributed by atoms with E-state index < -0.39 is 6.04 Å². The first-order valence-electron chi connectivity index (χ1n) is 10.0. The van der Waals surface area contributed by atoms with E-state index in [1.807, 2.05) is 66.7 Å². The van der Waals surface area contributed by atoms with Gasteiger partial charge in [-0.15, -0.1) is 0 Å². The van der Waals surface area contributed by atoms with Gasteiger partial charge in [0.15, 0.2) is 0 Å². The van der Waals surface area contributed by atoms with Crippen molar-refractivity contribution in [2.75, 3.05) is 18.0 Å². The molecule has 0 N–H and O–H groups in total. The predicted octanol–water partition coefficient (Wildman–Crippen LogP) is 4.47. The van der Waals surface area contributed by atoms with Crippen LogP contribution in [0.3, 0.4) is 0 Å². The highest BCUT2D eigenvalue weighted by molar-refractivity contribution is 6.51. The Morgan fingerprint density at radius 3 is 2.17 bits per heavy atom. The number of para-hydroxylation sites is 1. The lowest BCUT2D eigenvalue weighted by Crippen LogP contribution is -2.31. The fourth-order valence-electron chi connectivity index (χ4n) is 4.34. The van der Waals surface area contributed by atoms with Gasteiger partial charge < -0.3 is 0 Å². The molecule has 0 bridgehead atoms. The number of anilines is 1. The van der Waals surface area contributed by atoms with Crippen LogP contribution in [0.4, 0.5) is 10.1 Å². The Balaban J connectivity index is 1.73. The zero-order valence-electron chi connectivity index (χ0n) is 16.3. The maximum atomic E-state index is 14.2. The van der Waals surface area contributed by atoms with Gasteiger partial charge in [0.1, 0.15) is 11.5 Å². The smallest absolute Gasteiger partial charge is 0.273 e. The molecule has 1 amide bonds. The molecular weight excluding hydrogens is 377 g/mol. The second kappa shape index (κ2) is 7.67. The van der Waals surface area contributed by atoms with Gasteiger partial charge in [-0.3, -0.25) is 19.7 Å². The Morgan fingerprint density at radius 2 is 1.47 bits per heavy atom. The van der Waals surface area contributed by atoms with Gasteiger partial charge in [0, 0.05) is 5.69 Å². The number of rotatable bonds is 3. The summed E-state index contributed by atoms with van der Waals surface area (Å²) in [7, 11) is 0. The van der Waals surface area contributed by atoms with Gasteiger partial charge in [-0.1, -0.05) is 60.7 Å².